The first kappa shape index (κ1) is 22.9. The summed E-state index contributed by atoms with van der Waals surface area (Å²) >= 11 is 0. The van der Waals surface area contributed by atoms with E-state index in [0.29, 0.717) is 17.9 Å². The van der Waals surface area contributed by atoms with Crippen molar-refractivity contribution < 1.29 is 19.1 Å². The van der Waals surface area contributed by atoms with Crippen LogP contribution >= 0.6 is 0 Å². The summed E-state index contributed by atoms with van der Waals surface area (Å²) in [5, 5.41) is 0. The molecule has 3 heterocycles. The number of nitrogens with zero attached hydrogens (tertiary/aromatic N) is 3. The predicted octanol–water partition coefficient (Wildman–Crippen LogP) is 3.98. The number of rotatable bonds is 4. The Balaban J connectivity index is 1.14. The highest BCUT2D eigenvalue weighted by molar-refractivity contribution is 5.68. The summed E-state index contributed by atoms with van der Waals surface area (Å²) in [7, 11) is 0. The van der Waals surface area contributed by atoms with Gasteiger partial charge in [-0.15, -0.1) is 0 Å². The Morgan fingerprint density at radius 1 is 1.00 bits per heavy atom. The van der Waals surface area contributed by atoms with E-state index in [1.54, 1.807) is 0 Å². The fourth-order valence-corrected chi connectivity index (χ4v) is 5.16. The van der Waals surface area contributed by atoms with Gasteiger partial charge in [-0.1, -0.05) is 30.3 Å². The van der Waals surface area contributed by atoms with E-state index in [4.69, 9.17) is 9.47 Å². The number of amides is 2. The van der Waals surface area contributed by atoms with Crippen molar-refractivity contribution >= 4 is 12.2 Å². The molecule has 4 rings (SSSR count). The third kappa shape index (κ3) is 5.74. The lowest BCUT2D eigenvalue weighted by atomic mass is 9.71. The van der Waals surface area contributed by atoms with Crippen LogP contribution in [-0.2, 0) is 16.1 Å². The van der Waals surface area contributed by atoms with Gasteiger partial charge in [-0.05, 0) is 56.9 Å². The summed E-state index contributed by atoms with van der Waals surface area (Å²) < 4.78 is 11.0. The number of hydrogen-bond acceptors (Lipinski definition) is 5. The Kier molecular flexibility index (Phi) is 6.65. The highest BCUT2D eigenvalue weighted by Gasteiger charge is 2.46. The van der Waals surface area contributed by atoms with E-state index in [1.807, 2.05) is 60.9 Å². The van der Waals surface area contributed by atoms with Gasteiger partial charge in [-0.3, -0.25) is 0 Å². The average Bonchev–Trinajstić information content (AvgIpc) is 3.20. The zero-order valence-electron chi connectivity index (χ0n) is 19.7. The highest BCUT2D eigenvalue weighted by atomic mass is 16.6. The number of likely N-dealkylation sites (tertiary alicyclic amines) is 3. The van der Waals surface area contributed by atoms with Crippen LogP contribution in [0.4, 0.5) is 9.59 Å². The van der Waals surface area contributed by atoms with Gasteiger partial charge in [0.1, 0.15) is 12.2 Å². The van der Waals surface area contributed by atoms with Gasteiger partial charge in [0.15, 0.2) is 0 Å². The molecule has 3 fully saturated rings. The third-order valence-corrected chi connectivity index (χ3v) is 6.86. The Bertz CT molecular complexity index is 791. The third-order valence-electron chi connectivity index (χ3n) is 6.86. The summed E-state index contributed by atoms with van der Waals surface area (Å²) in [5.74, 6) is 0.521. The summed E-state index contributed by atoms with van der Waals surface area (Å²) in [4.78, 5) is 30.9. The lowest BCUT2D eigenvalue weighted by Gasteiger charge is -2.54. The van der Waals surface area contributed by atoms with Crippen molar-refractivity contribution in [3.8, 4) is 0 Å². The molecule has 0 N–H and O–H groups in total. The zero-order valence-corrected chi connectivity index (χ0v) is 19.7. The average molecular weight is 444 g/mol. The first-order valence-corrected chi connectivity index (χ1v) is 11.9. The highest BCUT2D eigenvalue weighted by Crippen LogP contribution is 2.41. The standard InChI is InChI=1S/C25H37N3O4/c1-24(2,3)32-23(30)28-12-9-21(16-28)15-26-18-25(19-26)10-13-27(14-11-25)22(29)31-17-20-7-5-4-6-8-20/h4-8,21H,9-19H2,1-3H3/t21-/m0/s1. The molecule has 1 atom stereocenters. The Hall–Kier alpha value is -2.28. The minimum absolute atomic E-state index is 0.188. The predicted molar refractivity (Wildman–Crippen MR) is 122 cm³/mol. The Morgan fingerprint density at radius 3 is 2.34 bits per heavy atom. The lowest BCUT2D eigenvalue weighted by molar-refractivity contribution is -0.0512. The molecule has 1 aromatic rings. The van der Waals surface area contributed by atoms with E-state index in [0.717, 1.165) is 70.6 Å². The van der Waals surface area contributed by atoms with Crippen LogP contribution < -0.4 is 0 Å². The van der Waals surface area contributed by atoms with Crippen LogP contribution in [0.5, 0.6) is 0 Å². The molecule has 3 aliphatic rings. The van der Waals surface area contributed by atoms with Crippen LogP contribution in [-0.4, -0.2) is 78.3 Å². The molecule has 0 unspecified atom stereocenters. The lowest BCUT2D eigenvalue weighted by Crippen LogP contribution is -2.61. The smallest absolute Gasteiger partial charge is 0.410 e. The molecule has 2 amide bonds. The summed E-state index contributed by atoms with van der Waals surface area (Å²) in [6.07, 6.45) is 2.74. The summed E-state index contributed by atoms with van der Waals surface area (Å²) in [6.45, 7) is 12.4. The molecule has 7 nitrogen and oxygen atoms in total. The molecule has 0 bridgehead atoms. The van der Waals surface area contributed by atoms with Crippen molar-refractivity contribution in [3.05, 3.63) is 35.9 Å². The quantitative estimate of drug-likeness (QED) is 0.704. The van der Waals surface area contributed by atoms with Gasteiger partial charge in [0.2, 0.25) is 0 Å². The van der Waals surface area contributed by atoms with Gasteiger partial charge in [0.25, 0.3) is 0 Å². The molecule has 176 valence electrons. The minimum Gasteiger partial charge on any atom is -0.445 e. The van der Waals surface area contributed by atoms with E-state index in [2.05, 4.69) is 4.90 Å². The molecule has 0 radical (unpaired) electrons. The zero-order chi connectivity index (χ0) is 22.8. The van der Waals surface area contributed by atoms with Crippen LogP contribution in [0.1, 0.15) is 45.6 Å². The number of piperidine rings is 1. The first-order valence-electron chi connectivity index (χ1n) is 11.9. The number of hydrogen-bond donors (Lipinski definition) is 0. The number of carbonyl (C=O) groups is 2. The topological polar surface area (TPSA) is 62.3 Å². The molecule has 1 spiro atoms. The maximum atomic E-state index is 12.4. The largest absolute Gasteiger partial charge is 0.445 e. The van der Waals surface area contributed by atoms with Crippen molar-refractivity contribution in [2.24, 2.45) is 11.3 Å². The van der Waals surface area contributed by atoms with Crippen molar-refractivity contribution in [1.82, 2.24) is 14.7 Å². The van der Waals surface area contributed by atoms with Gasteiger partial charge >= 0.3 is 12.2 Å². The van der Waals surface area contributed by atoms with Gasteiger partial charge in [-0.2, -0.15) is 0 Å². The summed E-state index contributed by atoms with van der Waals surface area (Å²) in [6, 6.07) is 9.81. The van der Waals surface area contributed by atoms with Crippen LogP contribution in [0.15, 0.2) is 30.3 Å². The maximum Gasteiger partial charge on any atom is 0.410 e. The van der Waals surface area contributed by atoms with E-state index in [9.17, 15) is 9.59 Å². The van der Waals surface area contributed by atoms with Crippen molar-refractivity contribution in [2.75, 3.05) is 45.8 Å². The molecule has 0 aliphatic carbocycles. The molecule has 3 saturated heterocycles. The van der Waals surface area contributed by atoms with Crippen LogP contribution in [0.2, 0.25) is 0 Å². The number of benzene rings is 1. The fourth-order valence-electron chi connectivity index (χ4n) is 5.16. The monoisotopic (exact) mass is 443 g/mol. The van der Waals surface area contributed by atoms with Gasteiger partial charge in [0.05, 0.1) is 0 Å². The van der Waals surface area contributed by atoms with Crippen LogP contribution in [0.3, 0.4) is 0 Å². The van der Waals surface area contributed by atoms with E-state index in [-0.39, 0.29) is 12.2 Å². The molecule has 3 aliphatic heterocycles. The second-order valence-electron chi connectivity index (χ2n) is 10.8. The Labute approximate surface area is 191 Å². The SMILES string of the molecule is CC(C)(C)OC(=O)N1CC[C@@H](CN2CC3(CCN(C(=O)OCc4ccccc4)CC3)C2)C1. The van der Waals surface area contributed by atoms with Gasteiger partial charge in [-0.25, -0.2) is 9.59 Å². The number of carbonyl (C=O) groups excluding carboxylic acids is 2. The number of ether oxygens (including phenoxy) is 2. The van der Waals surface area contributed by atoms with Gasteiger partial charge < -0.3 is 24.2 Å². The van der Waals surface area contributed by atoms with E-state index >= 15 is 0 Å². The molecule has 1 aromatic carbocycles. The Morgan fingerprint density at radius 2 is 1.69 bits per heavy atom. The van der Waals surface area contributed by atoms with Gasteiger partial charge in [0, 0.05) is 45.8 Å². The molecular weight excluding hydrogens is 406 g/mol. The fraction of sp³-hybridized carbons (Fsp3) is 0.680. The molecular formula is C25H37N3O4. The molecule has 0 saturated carbocycles. The summed E-state index contributed by atoms with van der Waals surface area (Å²) in [5.41, 5.74) is 0.919. The van der Waals surface area contributed by atoms with Crippen molar-refractivity contribution in [2.45, 2.75) is 52.2 Å². The molecule has 0 aromatic heterocycles. The second kappa shape index (κ2) is 9.30. The van der Waals surface area contributed by atoms with Crippen LogP contribution in [0.25, 0.3) is 0 Å². The van der Waals surface area contributed by atoms with Crippen LogP contribution in [0, 0.1) is 11.3 Å². The first-order chi connectivity index (χ1) is 15.2. The second-order valence-corrected chi connectivity index (χ2v) is 10.8. The normalized spacial score (nSPS) is 23.2. The maximum absolute atomic E-state index is 12.4. The molecule has 7 heteroatoms. The van der Waals surface area contributed by atoms with E-state index < -0.39 is 5.60 Å². The van der Waals surface area contributed by atoms with Crippen molar-refractivity contribution in [3.63, 3.8) is 0 Å². The van der Waals surface area contributed by atoms with E-state index in [1.165, 1.54) is 0 Å². The minimum atomic E-state index is -0.443. The van der Waals surface area contributed by atoms with Crippen molar-refractivity contribution in [1.29, 1.82) is 0 Å². The molecule has 32 heavy (non-hydrogen) atoms.